The van der Waals surface area contributed by atoms with Crippen LogP contribution in [0.5, 0.6) is 0 Å². The van der Waals surface area contributed by atoms with Gasteiger partial charge in [0.15, 0.2) is 0 Å². The minimum atomic E-state index is -0.255. The van der Waals surface area contributed by atoms with Crippen molar-refractivity contribution < 1.29 is 9.59 Å². The van der Waals surface area contributed by atoms with Crippen molar-refractivity contribution in [1.82, 2.24) is 5.32 Å². The van der Waals surface area contributed by atoms with Gasteiger partial charge in [-0.2, -0.15) is 0 Å². The molecule has 0 aromatic heterocycles. The first-order valence-corrected chi connectivity index (χ1v) is 10.2. The molecule has 4 saturated carbocycles. The minimum absolute atomic E-state index is 0.237. The van der Waals surface area contributed by atoms with Gasteiger partial charge in [-0.05, 0) is 67.6 Å². The predicted octanol–water partition coefficient (Wildman–Crippen LogP) is 3.81. The van der Waals surface area contributed by atoms with Crippen molar-refractivity contribution in [2.75, 3.05) is 0 Å². The SMILES string of the molecule is CCC(=O)C1CC2CC1C1C3CC(NC(=O)C(C)(C)CC)C(C3)C21. The molecule has 8 atom stereocenters. The maximum absolute atomic E-state index is 12.6. The van der Waals surface area contributed by atoms with Gasteiger partial charge in [0, 0.05) is 23.8 Å². The number of hydrogen-bond donors (Lipinski definition) is 1. The van der Waals surface area contributed by atoms with Crippen LogP contribution in [0.25, 0.3) is 0 Å². The van der Waals surface area contributed by atoms with Crippen molar-refractivity contribution in [3.8, 4) is 0 Å². The monoisotopic (exact) mass is 331 g/mol. The fourth-order valence-electron chi connectivity index (χ4n) is 6.92. The summed E-state index contributed by atoms with van der Waals surface area (Å²) >= 11 is 0. The van der Waals surface area contributed by atoms with Crippen LogP contribution in [0.4, 0.5) is 0 Å². The summed E-state index contributed by atoms with van der Waals surface area (Å²) in [4.78, 5) is 24.9. The Morgan fingerprint density at radius 3 is 2.25 bits per heavy atom. The van der Waals surface area contributed by atoms with Crippen LogP contribution in [-0.4, -0.2) is 17.7 Å². The van der Waals surface area contributed by atoms with Gasteiger partial charge in [0.1, 0.15) is 5.78 Å². The molecule has 0 spiro atoms. The second-order valence-corrected chi connectivity index (χ2v) is 9.69. The molecule has 24 heavy (non-hydrogen) atoms. The third-order valence-corrected chi connectivity index (χ3v) is 8.40. The maximum Gasteiger partial charge on any atom is 0.225 e. The highest BCUT2D eigenvalue weighted by Gasteiger charge is 2.65. The largest absolute Gasteiger partial charge is 0.353 e. The lowest BCUT2D eigenvalue weighted by Crippen LogP contribution is -2.49. The molecule has 4 fully saturated rings. The van der Waals surface area contributed by atoms with Crippen LogP contribution in [0, 0.1) is 46.8 Å². The van der Waals surface area contributed by atoms with Gasteiger partial charge in [0.05, 0.1) is 0 Å². The van der Waals surface area contributed by atoms with Gasteiger partial charge in [0.25, 0.3) is 0 Å². The molecule has 4 bridgehead atoms. The lowest BCUT2D eigenvalue weighted by atomic mass is 9.65. The number of rotatable bonds is 5. The quantitative estimate of drug-likeness (QED) is 0.779. The van der Waals surface area contributed by atoms with Crippen LogP contribution in [0.15, 0.2) is 0 Å². The number of ketones is 1. The molecule has 4 aliphatic carbocycles. The van der Waals surface area contributed by atoms with Gasteiger partial charge in [-0.15, -0.1) is 0 Å². The summed E-state index contributed by atoms with van der Waals surface area (Å²) in [5.74, 6) is 5.58. The Morgan fingerprint density at radius 2 is 1.58 bits per heavy atom. The van der Waals surface area contributed by atoms with Gasteiger partial charge < -0.3 is 5.32 Å². The van der Waals surface area contributed by atoms with Crippen LogP contribution < -0.4 is 5.32 Å². The van der Waals surface area contributed by atoms with Crippen LogP contribution in [0.2, 0.25) is 0 Å². The second-order valence-electron chi connectivity index (χ2n) is 9.69. The number of Topliss-reactive ketones (excluding diaryl/α,β-unsaturated/α-hetero) is 1. The van der Waals surface area contributed by atoms with Crippen molar-refractivity contribution in [2.24, 2.45) is 46.8 Å². The van der Waals surface area contributed by atoms with E-state index in [2.05, 4.69) is 26.1 Å². The Balaban J connectivity index is 1.46. The van der Waals surface area contributed by atoms with Gasteiger partial charge in [0.2, 0.25) is 5.91 Å². The molecule has 3 nitrogen and oxygen atoms in total. The van der Waals surface area contributed by atoms with Gasteiger partial charge in [-0.3, -0.25) is 9.59 Å². The lowest BCUT2D eigenvalue weighted by Gasteiger charge is -2.42. The first kappa shape index (κ1) is 16.6. The van der Waals surface area contributed by atoms with E-state index >= 15 is 0 Å². The van der Waals surface area contributed by atoms with Crippen LogP contribution in [-0.2, 0) is 9.59 Å². The molecule has 8 unspecified atom stereocenters. The summed E-state index contributed by atoms with van der Waals surface area (Å²) in [6, 6.07) is 0.397. The molecule has 1 N–H and O–H groups in total. The minimum Gasteiger partial charge on any atom is -0.353 e. The standard InChI is InChI=1S/C21H33NO2/c1-5-17(23)13-7-11-8-14(13)18-12-9-15(19(11)18)16(10-12)22-20(24)21(3,4)6-2/h11-16,18-19H,5-10H2,1-4H3,(H,22,24). The average Bonchev–Trinajstić information content (AvgIpc) is 3.31. The molecular formula is C21H33NO2. The molecule has 0 aromatic carbocycles. The summed E-state index contributed by atoms with van der Waals surface area (Å²) in [6.07, 6.45) is 6.49. The summed E-state index contributed by atoms with van der Waals surface area (Å²) in [5.41, 5.74) is -0.255. The summed E-state index contributed by atoms with van der Waals surface area (Å²) in [7, 11) is 0. The van der Waals surface area contributed by atoms with E-state index in [1.807, 2.05) is 6.92 Å². The van der Waals surface area contributed by atoms with Gasteiger partial charge in [-0.25, -0.2) is 0 Å². The third kappa shape index (κ3) is 2.22. The van der Waals surface area contributed by atoms with Gasteiger partial charge >= 0.3 is 0 Å². The second kappa shape index (κ2) is 5.57. The maximum atomic E-state index is 12.6. The first-order chi connectivity index (χ1) is 11.4. The fraction of sp³-hybridized carbons (Fsp3) is 0.905. The van der Waals surface area contributed by atoms with E-state index in [0.29, 0.717) is 36.0 Å². The number of amides is 1. The van der Waals surface area contributed by atoms with E-state index in [1.165, 1.54) is 12.8 Å². The highest BCUT2D eigenvalue weighted by molar-refractivity contribution is 5.82. The zero-order chi connectivity index (χ0) is 17.2. The molecule has 1 amide bonds. The number of fused-ring (bicyclic) bond motifs is 9. The average molecular weight is 332 g/mol. The number of carbonyl (C=O) groups excluding carboxylic acids is 2. The van der Waals surface area contributed by atoms with E-state index in [-0.39, 0.29) is 11.3 Å². The number of hydrogen-bond acceptors (Lipinski definition) is 2. The van der Waals surface area contributed by atoms with Crippen molar-refractivity contribution in [1.29, 1.82) is 0 Å². The number of nitrogens with one attached hydrogen (secondary N) is 1. The molecule has 4 aliphatic rings. The van der Waals surface area contributed by atoms with Crippen molar-refractivity contribution in [2.45, 2.75) is 72.3 Å². The molecular weight excluding hydrogens is 298 g/mol. The van der Waals surface area contributed by atoms with Crippen molar-refractivity contribution >= 4 is 11.7 Å². The van der Waals surface area contributed by atoms with E-state index in [9.17, 15) is 9.59 Å². The Hall–Kier alpha value is -0.860. The Morgan fingerprint density at radius 1 is 0.958 bits per heavy atom. The first-order valence-electron chi connectivity index (χ1n) is 10.2. The molecule has 4 rings (SSSR count). The summed E-state index contributed by atoms with van der Waals surface area (Å²) in [6.45, 7) is 8.22. The predicted molar refractivity (Wildman–Crippen MR) is 94.2 cm³/mol. The normalized spacial score (nSPS) is 45.5. The molecule has 0 aromatic rings. The highest BCUT2D eigenvalue weighted by Crippen LogP contribution is 2.68. The lowest BCUT2D eigenvalue weighted by molar-refractivity contribution is -0.131. The molecule has 134 valence electrons. The fourth-order valence-corrected chi connectivity index (χ4v) is 6.92. The van der Waals surface area contributed by atoms with E-state index in [0.717, 1.165) is 42.9 Å². The van der Waals surface area contributed by atoms with Crippen molar-refractivity contribution in [3.05, 3.63) is 0 Å². The molecule has 0 aliphatic heterocycles. The zero-order valence-corrected chi connectivity index (χ0v) is 15.7. The topological polar surface area (TPSA) is 46.2 Å². The Kier molecular flexibility index (Phi) is 3.85. The van der Waals surface area contributed by atoms with Crippen LogP contribution >= 0.6 is 0 Å². The highest BCUT2D eigenvalue weighted by atomic mass is 16.2. The Labute approximate surface area is 146 Å². The molecule has 0 radical (unpaired) electrons. The van der Waals surface area contributed by atoms with Gasteiger partial charge in [-0.1, -0.05) is 27.7 Å². The van der Waals surface area contributed by atoms with E-state index in [1.54, 1.807) is 0 Å². The summed E-state index contributed by atoms with van der Waals surface area (Å²) < 4.78 is 0. The molecule has 3 heteroatoms. The zero-order valence-electron chi connectivity index (χ0n) is 15.7. The van der Waals surface area contributed by atoms with Crippen LogP contribution in [0.3, 0.4) is 0 Å². The number of carbonyl (C=O) groups is 2. The van der Waals surface area contributed by atoms with E-state index < -0.39 is 0 Å². The summed E-state index contributed by atoms with van der Waals surface area (Å²) in [5, 5.41) is 3.41. The Bertz CT molecular complexity index is 554. The third-order valence-electron chi connectivity index (χ3n) is 8.40. The van der Waals surface area contributed by atoms with Crippen LogP contribution in [0.1, 0.15) is 66.2 Å². The molecule has 0 saturated heterocycles. The molecule has 0 heterocycles. The smallest absolute Gasteiger partial charge is 0.225 e. The van der Waals surface area contributed by atoms with E-state index in [4.69, 9.17) is 0 Å². The van der Waals surface area contributed by atoms with Crippen molar-refractivity contribution in [3.63, 3.8) is 0 Å².